The van der Waals surface area contributed by atoms with Gasteiger partial charge in [0, 0.05) is 6.07 Å². The Hall–Kier alpha value is -2.43. The van der Waals surface area contributed by atoms with Crippen LogP contribution in [0.4, 0.5) is 18.9 Å². The summed E-state index contributed by atoms with van der Waals surface area (Å²) in [6.45, 7) is 0. The fourth-order valence-corrected chi connectivity index (χ4v) is 1.48. The van der Waals surface area contributed by atoms with Crippen LogP contribution in [-0.2, 0) is 11.0 Å². The third-order valence-electron chi connectivity index (χ3n) is 2.34. The molecule has 0 spiro atoms. The second-order valence-corrected chi connectivity index (χ2v) is 3.63. The van der Waals surface area contributed by atoms with Crippen molar-refractivity contribution in [3.05, 3.63) is 17.7 Å². The van der Waals surface area contributed by atoms with Crippen molar-refractivity contribution in [3.63, 3.8) is 0 Å². The summed E-state index contributed by atoms with van der Waals surface area (Å²) >= 11 is 0. The van der Waals surface area contributed by atoms with Gasteiger partial charge in [-0.3, -0.25) is 4.79 Å². The van der Waals surface area contributed by atoms with Gasteiger partial charge in [0.25, 0.3) is 0 Å². The largest absolute Gasteiger partial charge is 0.496 e. The number of ether oxygens (including phenoxy) is 2. The lowest BCUT2D eigenvalue weighted by molar-refractivity contribution is -0.138. The van der Waals surface area contributed by atoms with Gasteiger partial charge < -0.3 is 14.8 Å². The third kappa shape index (κ3) is 3.54. The third-order valence-corrected chi connectivity index (χ3v) is 2.34. The van der Waals surface area contributed by atoms with Crippen molar-refractivity contribution >= 4 is 11.6 Å². The molecule has 0 radical (unpaired) electrons. The summed E-state index contributed by atoms with van der Waals surface area (Å²) in [6, 6.07) is 3.31. The van der Waals surface area contributed by atoms with E-state index in [1.807, 2.05) is 0 Å². The zero-order valence-electron chi connectivity index (χ0n) is 10.7. The van der Waals surface area contributed by atoms with E-state index in [0.717, 1.165) is 13.2 Å². The molecule has 1 amide bonds. The lowest BCUT2D eigenvalue weighted by atomic mass is 10.1. The molecule has 0 fully saturated rings. The first-order valence-electron chi connectivity index (χ1n) is 5.33. The predicted octanol–water partition coefficient (Wildman–Crippen LogP) is 2.57. The number of halogens is 3. The maximum absolute atomic E-state index is 12.9. The van der Waals surface area contributed by atoms with E-state index in [1.54, 1.807) is 6.07 Å². The molecule has 0 aliphatic rings. The number of amides is 1. The Bertz CT molecular complexity index is 550. The van der Waals surface area contributed by atoms with E-state index < -0.39 is 29.8 Å². The highest BCUT2D eigenvalue weighted by Crippen LogP contribution is 2.41. The number of carbonyl (C=O) groups excluding carboxylic acids is 1. The van der Waals surface area contributed by atoms with Gasteiger partial charge in [0.1, 0.15) is 17.9 Å². The lowest BCUT2D eigenvalue weighted by Gasteiger charge is -2.16. The first-order chi connectivity index (χ1) is 9.33. The second-order valence-electron chi connectivity index (χ2n) is 3.63. The topological polar surface area (TPSA) is 71.3 Å². The molecule has 0 heterocycles. The van der Waals surface area contributed by atoms with Crippen LogP contribution in [0, 0.1) is 11.3 Å². The fourth-order valence-electron chi connectivity index (χ4n) is 1.48. The van der Waals surface area contributed by atoms with Crippen LogP contribution in [0.2, 0.25) is 0 Å². The second kappa shape index (κ2) is 6.14. The quantitative estimate of drug-likeness (QED) is 0.924. The monoisotopic (exact) mass is 288 g/mol. The molecule has 0 aromatic heterocycles. The maximum Gasteiger partial charge on any atom is 0.420 e. The van der Waals surface area contributed by atoms with Gasteiger partial charge in [-0.15, -0.1) is 0 Å². The highest BCUT2D eigenvalue weighted by Gasteiger charge is 2.35. The number of carbonyl (C=O) groups is 1. The molecule has 1 aromatic rings. The number of nitrogens with one attached hydrogen (secondary N) is 1. The van der Waals surface area contributed by atoms with Gasteiger partial charge in [0.05, 0.1) is 31.5 Å². The Morgan fingerprint density at radius 3 is 2.35 bits per heavy atom. The van der Waals surface area contributed by atoms with E-state index in [0.29, 0.717) is 6.07 Å². The Kier molecular flexibility index (Phi) is 4.80. The van der Waals surface area contributed by atoms with Gasteiger partial charge in [-0.05, 0) is 6.07 Å². The number of hydrogen-bond donors (Lipinski definition) is 1. The van der Waals surface area contributed by atoms with Gasteiger partial charge in [0.15, 0.2) is 0 Å². The molecular weight excluding hydrogens is 277 g/mol. The van der Waals surface area contributed by atoms with E-state index >= 15 is 0 Å². The molecule has 8 heteroatoms. The van der Waals surface area contributed by atoms with Crippen molar-refractivity contribution in [1.82, 2.24) is 0 Å². The molecular formula is C12H11F3N2O3. The van der Waals surface area contributed by atoms with Gasteiger partial charge in [-0.1, -0.05) is 0 Å². The molecule has 0 bridgehead atoms. The van der Waals surface area contributed by atoms with Crippen molar-refractivity contribution in [2.75, 3.05) is 19.5 Å². The van der Waals surface area contributed by atoms with Crippen LogP contribution in [0.3, 0.4) is 0 Å². The van der Waals surface area contributed by atoms with Crippen LogP contribution in [-0.4, -0.2) is 20.1 Å². The molecule has 108 valence electrons. The van der Waals surface area contributed by atoms with E-state index in [1.165, 1.54) is 7.11 Å². The van der Waals surface area contributed by atoms with Gasteiger partial charge in [0.2, 0.25) is 5.91 Å². The molecule has 0 saturated carbocycles. The minimum Gasteiger partial charge on any atom is -0.496 e. The maximum atomic E-state index is 12.9. The van der Waals surface area contributed by atoms with E-state index in [9.17, 15) is 18.0 Å². The molecule has 0 unspecified atom stereocenters. The molecule has 0 aliphatic carbocycles. The van der Waals surface area contributed by atoms with Crippen molar-refractivity contribution in [3.8, 4) is 17.6 Å². The lowest BCUT2D eigenvalue weighted by Crippen LogP contribution is -2.14. The number of methoxy groups -OCH3 is 2. The standard InChI is InChI=1S/C12H11F3N2O3/c1-19-9-6-10(20-2)8(17-11(18)3-4-16)5-7(9)12(13,14)15/h5-6H,3H2,1-2H3,(H,17,18). The molecule has 5 nitrogen and oxygen atoms in total. The van der Waals surface area contributed by atoms with Crippen LogP contribution in [0.5, 0.6) is 11.5 Å². The molecule has 0 aliphatic heterocycles. The highest BCUT2D eigenvalue weighted by molar-refractivity contribution is 5.93. The number of nitriles is 1. The molecule has 0 atom stereocenters. The molecule has 20 heavy (non-hydrogen) atoms. The Morgan fingerprint density at radius 2 is 1.90 bits per heavy atom. The molecule has 1 rings (SSSR count). The van der Waals surface area contributed by atoms with Crippen LogP contribution < -0.4 is 14.8 Å². The number of alkyl halides is 3. The van der Waals surface area contributed by atoms with Gasteiger partial charge >= 0.3 is 6.18 Å². The van der Waals surface area contributed by atoms with Crippen LogP contribution in [0.15, 0.2) is 12.1 Å². The minimum absolute atomic E-state index is 0.00106. The van der Waals surface area contributed by atoms with Crippen molar-refractivity contribution in [2.45, 2.75) is 12.6 Å². The molecule has 0 saturated heterocycles. The number of nitrogens with zero attached hydrogens (tertiary/aromatic N) is 1. The molecule has 1 N–H and O–H groups in total. The summed E-state index contributed by atoms with van der Waals surface area (Å²) in [7, 11) is 2.33. The normalized spacial score (nSPS) is 10.6. The zero-order valence-corrected chi connectivity index (χ0v) is 10.7. The van der Waals surface area contributed by atoms with Crippen molar-refractivity contribution in [1.29, 1.82) is 5.26 Å². The smallest absolute Gasteiger partial charge is 0.420 e. The van der Waals surface area contributed by atoms with Crippen LogP contribution in [0.25, 0.3) is 0 Å². The average Bonchev–Trinajstić information content (AvgIpc) is 2.37. The van der Waals surface area contributed by atoms with Gasteiger partial charge in [-0.25, -0.2) is 0 Å². The van der Waals surface area contributed by atoms with Crippen LogP contribution >= 0.6 is 0 Å². The van der Waals surface area contributed by atoms with Gasteiger partial charge in [-0.2, -0.15) is 18.4 Å². The summed E-state index contributed by atoms with van der Waals surface area (Å²) in [5.41, 5.74) is -1.23. The Labute approximate surface area is 112 Å². The zero-order chi connectivity index (χ0) is 15.3. The Morgan fingerprint density at radius 1 is 1.30 bits per heavy atom. The average molecular weight is 288 g/mol. The summed E-state index contributed by atoms with van der Waals surface area (Å²) in [5.74, 6) is -1.15. The SMILES string of the molecule is COc1cc(OC)c(C(F)(F)F)cc1NC(=O)CC#N. The number of benzene rings is 1. The molecule has 1 aromatic carbocycles. The van der Waals surface area contributed by atoms with E-state index in [2.05, 4.69) is 10.1 Å². The van der Waals surface area contributed by atoms with Crippen molar-refractivity contribution in [2.24, 2.45) is 0 Å². The predicted molar refractivity (Wildman–Crippen MR) is 63.4 cm³/mol. The van der Waals surface area contributed by atoms with E-state index in [-0.39, 0.29) is 11.4 Å². The first kappa shape index (κ1) is 15.6. The summed E-state index contributed by atoms with van der Waals surface area (Å²) in [6.07, 6.45) is -5.12. The Balaban J connectivity index is 3.29. The van der Waals surface area contributed by atoms with Crippen LogP contribution in [0.1, 0.15) is 12.0 Å². The summed E-state index contributed by atoms with van der Waals surface area (Å²) < 4.78 is 48.1. The summed E-state index contributed by atoms with van der Waals surface area (Å²) in [4.78, 5) is 11.3. The van der Waals surface area contributed by atoms with E-state index in [4.69, 9.17) is 10.00 Å². The fraction of sp³-hybridized carbons (Fsp3) is 0.333. The highest BCUT2D eigenvalue weighted by atomic mass is 19.4. The summed E-state index contributed by atoms with van der Waals surface area (Å²) in [5, 5.41) is 10.5. The number of rotatable bonds is 4. The van der Waals surface area contributed by atoms with Crippen molar-refractivity contribution < 1.29 is 27.4 Å². The minimum atomic E-state index is -4.65. The number of anilines is 1. The first-order valence-corrected chi connectivity index (χ1v) is 5.33. The number of hydrogen-bond acceptors (Lipinski definition) is 4.